The second-order valence-electron chi connectivity index (χ2n) is 5.18. The third-order valence-corrected chi connectivity index (χ3v) is 3.40. The van der Waals surface area contributed by atoms with Crippen molar-refractivity contribution in [2.24, 2.45) is 5.73 Å². The Kier molecular flexibility index (Phi) is 6.37. The predicted molar refractivity (Wildman–Crippen MR) is 87.2 cm³/mol. The van der Waals surface area contributed by atoms with E-state index in [2.05, 4.69) is 17.0 Å². The minimum atomic E-state index is -0.313. The molecule has 0 bridgehead atoms. The van der Waals surface area contributed by atoms with Gasteiger partial charge in [0.15, 0.2) is 11.6 Å². The molecule has 0 heterocycles. The first kappa shape index (κ1) is 16.5. The monoisotopic (exact) mass is 302 g/mol. The number of halogens is 1. The highest BCUT2D eigenvalue weighted by Crippen LogP contribution is 2.19. The molecule has 0 fully saturated rings. The lowest BCUT2D eigenvalue weighted by atomic mass is 10.1. The average molecular weight is 302 g/mol. The number of nitrogens with two attached hydrogens (primary N) is 1. The van der Waals surface area contributed by atoms with Crippen molar-refractivity contribution < 1.29 is 9.13 Å². The molecule has 2 aromatic rings. The van der Waals surface area contributed by atoms with E-state index in [1.807, 2.05) is 31.2 Å². The van der Waals surface area contributed by atoms with Crippen LogP contribution >= 0.6 is 0 Å². The standard InChI is InChI=1S/C18H23FN2O/c1-2-22-18-9-8-16(12-17(18)19)14-21(11-10-20)13-15-6-4-3-5-7-15/h3-9,12H,2,10-11,13-14,20H2,1H3. The zero-order valence-corrected chi connectivity index (χ0v) is 13.0. The molecule has 0 amide bonds. The van der Waals surface area contributed by atoms with Crippen LogP contribution in [0.1, 0.15) is 18.1 Å². The van der Waals surface area contributed by atoms with Crippen LogP contribution in [0.15, 0.2) is 48.5 Å². The zero-order chi connectivity index (χ0) is 15.8. The molecule has 0 aliphatic carbocycles. The first-order valence-corrected chi connectivity index (χ1v) is 7.60. The van der Waals surface area contributed by atoms with Gasteiger partial charge in [-0.15, -0.1) is 0 Å². The number of ether oxygens (including phenoxy) is 1. The Bertz CT molecular complexity index is 575. The summed E-state index contributed by atoms with van der Waals surface area (Å²) in [5.74, 6) is -0.00792. The first-order chi connectivity index (χ1) is 10.7. The third-order valence-electron chi connectivity index (χ3n) is 3.40. The summed E-state index contributed by atoms with van der Waals surface area (Å²) < 4.78 is 19.2. The average Bonchev–Trinajstić information content (AvgIpc) is 2.51. The summed E-state index contributed by atoms with van der Waals surface area (Å²) in [6, 6.07) is 15.3. The molecule has 0 unspecified atom stereocenters. The zero-order valence-electron chi connectivity index (χ0n) is 13.0. The van der Waals surface area contributed by atoms with Crippen molar-refractivity contribution in [1.82, 2.24) is 4.90 Å². The molecule has 22 heavy (non-hydrogen) atoms. The van der Waals surface area contributed by atoms with Crippen molar-refractivity contribution in [2.75, 3.05) is 19.7 Å². The predicted octanol–water partition coefficient (Wildman–Crippen LogP) is 3.19. The van der Waals surface area contributed by atoms with Gasteiger partial charge in [-0.05, 0) is 30.2 Å². The van der Waals surface area contributed by atoms with E-state index in [0.717, 1.165) is 18.7 Å². The number of hydrogen-bond donors (Lipinski definition) is 1. The van der Waals surface area contributed by atoms with Gasteiger partial charge in [-0.2, -0.15) is 0 Å². The minimum Gasteiger partial charge on any atom is -0.491 e. The van der Waals surface area contributed by atoms with E-state index in [9.17, 15) is 4.39 Å². The lowest BCUT2D eigenvalue weighted by molar-refractivity contribution is 0.263. The van der Waals surface area contributed by atoms with E-state index < -0.39 is 0 Å². The van der Waals surface area contributed by atoms with Crippen molar-refractivity contribution in [3.05, 3.63) is 65.5 Å². The molecule has 0 radical (unpaired) electrons. The van der Waals surface area contributed by atoms with Gasteiger partial charge in [0.05, 0.1) is 6.61 Å². The van der Waals surface area contributed by atoms with E-state index >= 15 is 0 Å². The number of nitrogens with zero attached hydrogens (tertiary/aromatic N) is 1. The van der Waals surface area contributed by atoms with Crippen molar-refractivity contribution >= 4 is 0 Å². The van der Waals surface area contributed by atoms with Crippen LogP contribution in [0.2, 0.25) is 0 Å². The van der Waals surface area contributed by atoms with Gasteiger partial charge in [0.1, 0.15) is 0 Å². The van der Waals surface area contributed by atoms with Crippen LogP contribution in [0.25, 0.3) is 0 Å². The molecule has 2 aromatic carbocycles. The van der Waals surface area contributed by atoms with Crippen LogP contribution in [0.3, 0.4) is 0 Å². The molecule has 2 N–H and O–H groups in total. The molecule has 0 atom stereocenters. The molecular weight excluding hydrogens is 279 g/mol. The van der Waals surface area contributed by atoms with E-state index in [0.29, 0.717) is 25.4 Å². The van der Waals surface area contributed by atoms with Gasteiger partial charge in [0.2, 0.25) is 0 Å². The van der Waals surface area contributed by atoms with E-state index in [-0.39, 0.29) is 5.82 Å². The SMILES string of the molecule is CCOc1ccc(CN(CCN)Cc2ccccc2)cc1F. The summed E-state index contributed by atoms with van der Waals surface area (Å²) in [6.45, 7) is 5.11. The number of benzene rings is 2. The normalized spacial score (nSPS) is 10.9. The molecule has 0 aliphatic rings. The van der Waals surface area contributed by atoms with Gasteiger partial charge in [-0.25, -0.2) is 4.39 Å². The van der Waals surface area contributed by atoms with Crippen molar-refractivity contribution in [3.8, 4) is 5.75 Å². The first-order valence-electron chi connectivity index (χ1n) is 7.60. The summed E-state index contributed by atoms with van der Waals surface area (Å²) in [5, 5.41) is 0. The molecule has 0 saturated carbocycles. The summed E-state index contributed by atoms with van der Waals surface area (Å²) in [7, 11) is 0. The van der Waals surface area contributed by atoms with E-state index in [1.165, 1.54) is 5.56 Å². The number of hydrogen-bond acceptors (Lipinski definition) is 3. The smallest absolute Gasteiger partial charge is 0.165 e. The molecule has 0 aliphatic heterocycles. The highest BCUT2D eigenvalue weighted by molar-refractivity contribution is 5.29. The topological polar surface area (TPSA) is 38.5 Å². The summed E-state index contributed by atoms with van der Waals surface area (Å²) in [4.78, 5) is 2.21. The second-order valence-corrected chi connectivity index (χ2v) is 5.18. The van der Waals surface area contributed by atoms with Gasteiger partial charge < -0.3 is 10.5 Å². The third kappa shape index (κ3) is 4.83. The maximum absolute atomic E-state index is 13.9. The largest absolute Gasteiger partial charge is 0.491 e. The van der Waals surface area contributed by atoms with Crippen LogP contribution in [0.5, 0.6) is 5.75 Å². The van der Waals surface area contributed by atoms with Crippen LogP contribution in [0.4, 0.5) is 4.39 Å². The van der Waals surface area contributed by atoms with Crippen LogP contribution in [0, 0.1) is 5.82 Å². The molecule has 0 saturated heterocycles. The van der Waals surface area contributed by atoms with Crippen LogP contribution < -0.4 is 10.5 Å². The molecule has 3 nitrogen and oxygen atoms in total. The minimum absolute atomic E-state index is 0.305. The van der Waals surface area contributed by atoms with E-state index in [1.54, 1.807) is 12.1 Å². The highest BCUT2D eigenvalue weighted by atomic mass is 19.1. The van der Waals surface area contributed by atoms with Gasteiger partial charge in [0, 0.05) is 26.2 Å². The van der Waals surface area contributed by atoms with E-state index in [4.69, 9.17) is 10.5 Å². The van der Waals surface area contributed by atoms with Crippen molar-refractivity contribution in [1.29, 1.82) is 0 Å². The molecule has 118 valence electrons. The fraction of sp³-hybridized carbons (Fsp3) is 0.333. The second kappa shape index (κ2) is 8.51. The maximum Gasteiger partial charge on any atom is 0.165 e. The van der Waals surface area contributed by atoms with Crippen molar-refractivity contribution in [3.63, 3.8) is 0 Å². The maximum atomic E-state index is 13.9. The Morgan fingerprint density at radius 2 is 1.77 bits per heavy atom. The quantitative estimate of drug-likeness (QED) is 0.814. The van der Waals surface area contributed by atoms with Gasteiger partial charge in [-0.3, -0.25) is 4.90 Å². The molecule has 4 heteroatoms. The van der Waals surface area contributed by atoms with Crippen LogP contribution in [-0.2, 0) is 13.1 Å². The molecule has 2 rings (SSSR count). The summed E-state index contributed by atoms with van der Waals surface area (Å²) >= 11 is 0. The summed E-state index contributed by atoms with van der Waals surface area (Å²) in [6.07, 6.45) is 0. The molecular formula is C18H23FN2O. The lowest BCUT2D eigenvalue weighted by Gasteiger charge is -2.22. The fourth-order valence-electron chi connectivity index (χ4n) is 2.41. The highest BCUT2D eigenvalue weighted by Gasteiger charge is 2.09. The number of rotatable bonds is 8. The Balaban J connectivity index is 2.05. The van der Waals surface area contributed by atoms with Gasteiger partial charge in [0.25, 0.3) is 0 Å². The Labute approximate surface area is 131 Å². The fourth-order valence-corrected chi connectivity index (χ4v) is 2.41. The Hall–Kier alpha value is -1.91. The van der Waals surface area contributed by atoms with Crippen LogP contribution in [-0.4, -0.2) is 24.6 Å². The summed E-state index contributed by atoms with van der Waals surface area (Å²) in [5.41, 5.74) is 7.84. The molecule has 0 spiro atoms. The molecule has 0 aromatic heterocycles. The van der Waals surface area contributed by atoms with Crippen molar-refractivity contribution in [2.45, 2.75) is 20.0 Å². The Morgan fingerprint density at radius 1 is 1.05 bits per heavy atom. The van der Waals surface area contributed by atoms with Gasteiger partial charge >= 0.3 is 0 Å². The van der Waals surface area contributed by atoms with Gasteiger partial charge in [-0.1, -0.05) is 36.4 Å². The lowest BCUT2D eigenvalue weighted by Crippen LogP contribution is -2.28. The Morgan fingerprint density at radius 3 is 2.41 bits per heavy atom.